The van der Waals surface area contributed by atoms with E-state index in [1.54, 1.807) is 26.3 Å². The zero-order chi connectivity index (χ0) is 14.5. The van der Waals surface area contributed by atoms with Crippen molar-refractivity contribution in [1.82, 2.24) is 10.2 Å². The predicted molar refractivity (Wildman–Crippen MR) is 74.6 cm³/mol. The molecule has 1 aliphatic rings. The molecule has 20 heavy (non-hydrogen) atoms. The molecule has 1 aromatic carbocycles. The minimum absolute atomic E-state index is 0.221. The van der Waals surface area contributed by atoms with Crippen molar-refractivity contribution in [2.45, 2.75) is 25.0 Å². The summed E-state index contributed by atoms with van der Waals surface area (Å²) in [5.41, 5.74) is 0.382. The Kier molecular flexibility index (Phi) is 5.46. The van der Waals surface area contributed by atoms with Crippen LogP contribution in [0.25, 0.3) is 0 Å². The highest BCUT2D eigenvalue weighted by Gasteiger charge is 2.24. The van der Waals surface area contributed by atoms with Crippen molar-refractivity contribution in [3.8, 4) is 0 Å². The molecule has 0 radical (unpaired) electrons. The lowest BCUT2D eigenvalue weighted by molar-refractivity contribution is 0.0282. The lowest BCUT2D eigenvalue weighted by Gasteiger charge is -2.34. The van der Waals surface area contributed by atoms with Gasteiger partial charge >= 0.3 is 0 Å². The van der Waals surface area contributed by atoms with Gasteiger partial charge in [0.2, 0.25) is 0 Å². The van der Waals surface area contributed by atoms with Gasteiger partial charge in [-0.25, -0.2) is 8.78 Å². The standard InChI is InChI=1S/C15H22F2N2O/c1-18-14(12-6-3-7-13(16)15(12)17)10-19-8-4-5-11(9-19)20-2/h3,6-7,11,14,18H,4-5,8-10H2,1-2H3. The predicted octanol–water partition coefficient (Wildman–Crippen LogP) is 2.34. The molecular formula is C15H22F2N2O. The molecule has 1 aliphatic heterocycles. The molecule has 2 unspecified atom stereocenters. The first-order valence-electron chi connectivity index (χ1n) is 7.02. The van der Waals surface area contributed by atoms with Crippen LogP contribution in [0.3, 0.4) is 0 Å². The molecule has 1 N–H and O–H groups in total. The van der Waals surface area contributed by atoms with E-state index in [-0.39, 0.29) is 12.1 Å². The van der Waals surface area contributed by atoms with Crippen LogP contribution in [0.1, 0.15) is 24.4 Å². The van der Waals surface area contributed by atoms with Crippen LogP contribution in [-0.4, -0.2) is 44.8 Å². The number of nitrogens with one attached hydrogen (secondary N) is 1. The van der Waals surface area contributed by atoms with Crippen LogP contribution in [0.4, 0.5) is 8.78 Å². The van der Waals surface area contributed by atoms with E-state index >= 15 is 0 Å². The highest BCUT2D eigenvalue weighted by Crippen LogP contribution is 2.22. The van der Waals surface area contributed by atoms with Crippen molar-refractivity contribution in [3.05, 3.63) is 35.4 Å². The molecule has 1 aromatic rings. The lowest BCUT2D eigenvalue weighted by Crippen LogP contribution is -2.43. The summed E-state index contributed by atoms with van der Waals surface area (Å²) < 4.78 is 32.6. The van der Waals surface area contributed by atoms with E-state index in [4.69, 9.17) is 4.74 Å². The van der Waals surface area contributed by atoms with Crippen LogP contribution in [0.2, 0.25) is 0 Å². The van der Waals surface area contributed by atoms with Crippen LogP contribution in [0.5, 0.6) is 0 Å². The molecule has 0 amide bonds. The van der Waals surface area contributed by atoms with Crippen molar-refractivity contribution >= 4 is 0 Å². The Morgan fingerprint density at radius 3 is 2.95 bits per heavy atom. The molecule has 0 bridgehead atoms. The number of rotatable bonds is 5. The third kappa shape index (κ3) is 3.53. The van der Waals surface area contributed by atoms with Crippen LogP contribution in [-0.2, 0) is 4.74 Å². The molecule has 2 rings (SSSR count). The monoisotopic (exact) mass is 284 g/mol. The Labute approximate surface area is 118 Å². The van der Waals surface area contributed by atoms with Gasteiger partial charge in [-0.1, -0.05) is 12.1 Å². The number of piperidine rings is 1. The SMILES string of the molecule is CNC(CN1CCCC(OC)C1)c1cccc(F)c1F. The summed E-state index contributed by atoms with van der Waals surface area (Å²) >= 11 is 0. The van der Waals surface area contributed by atoms with Gasteiger partial charge in [0.1, 0.15) is 0 Å². The second-order valence-corrected chi connectivity index (χ2v) is 5.24. The molecule has 0 saturated carbocycles. The topological polar surface area (TPSA) is 24.5 Å². The van der Waals surface area contributed by atoms with E-state index in [2.05, 4.69) is 10.2 Å². The summed E-state index contributed by atoms with van der Waals surface area (Å²) in [6.07, 6.45) is 2.37. The molecule has 0 spiro atoms. The lowest BCUT2D eigenvalue weighted by atomic mass is 10.0. The highest BCUT2D eigenvalue weighted by atomic mass is 19.2. The molecule has 1 heterocycles. The van der Waals surface area contributed by atoms with Crippen molar-refractivity contribution in [2.75, 3.05) is 33.8 Å². The van der Waals surface area contributed by atoms with Crippen molar-refractivity contribution < 1.29 is 13.5 Å². The van der Waals surface area contributed by atoms with Gasteiger partial charge in [-0.05, 0) is 32.5 Å². The van der Waals surface area contributed by atoms with E-state index < -0.39 is 11.6 Å². The number of hydrogen-bond donors (Lipinski definition) is 1. The minimum atomic E-state index is -0.795. The zero-order valence-electron chi connectivity index (χ0n) is 12.0. The number of likely N-dealkylation sites (N-methyl/N-ethyl adjacent to an activating group) is 1. The quantitative estimate of drug-likeness (QED) is 0.898. The molecule has 1 fully saturated rings. The molecule has 5 heteroatoms. The smallest absolute Gasteiger partial charge is 0.163 e. The maximum Gasteiger partial charge on any atom is 0.163 e. The largest absolute Gasteiger partial charge is 0.380 e. The summed E-state index contributed by atoms with van der Waals surface area (Å²) in [4.78, 5) is 2.24. The van der Waals surface area contributed by atoms with Gasteiger partial charge in [0.05, 0.1) is 6.10 Å². The van der Waals surface area contributed by atoms with Gasteiger partial charge in [-0.15, -0.1) is 0 Å². The summed E-state index contributed by atoms with van der Waals surface area (Å²) in [6.45, 7) is 2.46. The summed E-state index contributed by atoms with van der Waals surface area (Å²) in [7, 11) is 3.49. The van der Waals surface area contributed by atoms with E-state index in [0.29, 0.717) is 12.1 Å². The van der Waals surface area contributed by atoms with Gasteiger partial charge in [-0.2, -0.15) is 0 Å². The second kappa shape index (κ2) is 7.11. The number of hydrogen-bond acceptors (Lipinski definition) is 3. The number of methoxy groups -OCH3 is 1. The molecule has 112 valence electrons. The van der Waals surface area contributed by atoms with E-state index in [9.17, 15) is 8.78 Å². The van der Waals surface area contributed by atoms with Crippen LogP contribution in [0.15, 0.2) is 18.2 Å². The first-order valence-corrected chi connectivity index (χ1v) is 7.02. The maximum atomic E-state index is 13.9. The number of likely N-dealkylation sites (tertiary alicyclic amines) is 1. The fourth-order valence-corrected chi connectivity index (χ4v) is 2.76. The summed E-state index contributed by atoms with van der Waals surface area (Å²) in [5, 5.41) is 3.08. The average molecular weight is 284 g/mol. The first-order chi connectivity index (χ1) is 9.65. The Morgan fingerprint density at radius 1 is 1.45 bits per heavy atom. The highest BCUT2D eigenvalue weighted by molar-refractivity contribution is 5.23. The Bertz CT molecular complexity index is 442. The van der Waals surface area contributed by atoms with Gasteiger partial charge < -0.3 is 10.1 Å². The van der Waals surface area contributed by atoms with Crippen molar-refractivity contribution in [1.29, 1.82) is 0 Å². The van der Waals surface area contributed by atoms with Crippen LogP contribution >= 0.6 is 0 Å². The number of benzene rings is 1. The van der Waals surface area contributed by atoms with Crippen molar-refractivity contribution in [2.24, 2.45) is 0 Å². The fraction of sp³-hybridized carbons (Fsp3) is 0.600. The molecule has 2 atom stereocenters. The van der Waals surface area contributed by atoms with Gasteiger partial charge in [0.15, 0.2) is 11.6 Å². The molecule has 3 nitrogen and oxygen atoms in total. The van der Waals surface area contributed by atoms with Crippen molar-refractivity contribution in [3.63, 3.8) is 0 Å². The summed E-state index contributed by atoms with van der Waals surface area (Å²) in [6, 6.07) is 4.11. The molecular weight excluding hydrogens is 262 g/mol. The van der Waals surface area contributed by atoms with E-state index in [0.717, 1.165) is 32.0 Å². The van der Waals surface area contributed by atoms with Gasteiger partial charge in [0.25, 0.3) is 0 Å². The molecule has 0 aliphatic carbocycles. The van der Waals surface area contributed by atoms with Crippen LogP contribution in [0, 0.1) is 11.6 Å². The Morgan fingerprint density at radius 2 is 2.25 bits per heavy atom. The van der Waals surface area contributed by atoms with Gasteiger partial charge in [0, 0.05) is 31.8 Å². The third-order valence-corrected chi connectivity index (χ3v) is 3.94. The number of nitrogens with zero attached hydrogens (tertiary/aromatic N) is 1. The van der Waals surface area contributed by atoms with Gasteiger partial charge in [-0.3, -0.25) is 4.90 Å². The number of halogens is 2. The fourth-order valence-electron chi connectivity index (χ4n) is 2.76. The minimum Gasteiger partial charge on any atom is -0.380 e. The Balaban J connectivity index is 2.07. The van der Waals surface area contributed by atoms with E-state index in [1.165, 1.54) is 0 Å². The van der Waals surface area contributed by atoms with Crippen LogP contribution < -0.4 is 5.32 Å². The second-order valence-electron chi connectivity index (χ2n) is 5.24. The normalized spacial score (nSPS) is 21.9. The summed E-state index contributed by atoms with van der Waals surface area (Å²) in [5.74, 6) is -1.55. The zero-order valence-corrected chi connectivity index (χ0v) is 12.0. The Hall–Kier alpha value is -1.04. The third-order valence-electron chi connectivity index (χ3n) is 3.94. The molecule has 0 aromatic heterocycles. The van der Waals surface area contributed by atoms with E-state index in [1.807, 2.05) is 0 Å². The average Bonchev–Trinajstić information content (AvgIpc) is 2.48. The molecule has 1 saturated heterocycles. The maximum absolute atomic E-state index is 13.9. The number of ether oxygens (including phenoxy) is 1. The first kappa shape index (κ1) is 15.4.